The van der Waals surface area contributed by atoms with Gasteiger partial charge in [0, 0.05) is 12.5 Å². The van der Waals surface area contributed by atoms with Gasteiger partial charge in [-0.25, -0.2) is 0 Å². The number of aromatic hydroxyl groups is 1. The second kappa shape index (κ2) is 5.02. The summed E-state index contributed by atoms with van der Waals surface area (Å²) in [6.45, 7) is 2.95. The second-order valence-corrected chi connectivity index (χ2v) is 5.30. The van der Waals surface area contributed by atoms with Crippen LogP contribution >= 0.6 is 23.2 Å². The van der Waals surface area contributed by atoms with Crippen LogP contribution in [-0.4, -0.2) is 23.0 Å². The van der Waals surface area contributed by atoms with Crippen molar-refractivity contribution in [3.63, 3.8) is 0 Å². The van der Waals surface area contributed by atoms with Crippen LogP contribution in [0, 0.1) is 5.92 Å². The molecule has 19 heavy (non-hydrogen) atoms. The summed E-state index contributed by atoms with van der Waals surface area (Å²) in [4.78, 5) is 23.2. The first kappa shape index (κ1) is 14.2. The molecule has 0 amide bonds. The van der Waals surface area contributed by atoms with Gasteiger partial charge in [-0.1, -0.05) is 23.2 Å². The second-order valence-electron chi connectivity index (χ2n) is 4.55. The lowest BCUT2D eigenvalue weighted by molar-refractivity contribution is -0.146. The van der Waals surface area contributed by atoms with E-state index >= 15 is 0 Å². The fraction of sp³-hybridized carbons (Fsp3) is 0.385. The van der Waals surface area contributed by atoms with Gasteiger partial charge >= 0.3 is 5.97 Å². The van der Waals surface area contributed by atoms with Gasteiger partial charge in [0.05, 0.1) is 10.9 Å². The number of phenols is 1. The van der Waals surface area contributed by atoms with Crippen LogP contribution in [0.1, 0.15) is 29.8 Å². The number of Topliss-reactive ketones (excluding diaryl/α,β-unsaturated/α-hetero) is 1. The van der Waals surface area contributed by atoms with E-state index in [1.165, 1.54) is 13.0 Å². The minimum Gasteiger partial charge on any atom is -0.506 e. The van der Waals surface area contributed by atoms with E-state index in [0.29, 0.717) is 17.5 Å². The normalized spacial score (nSPS) is 19.2. The van der Waals surface area contributed by atoms with Crippen molar-refractivity contribution in [2.45, 2.75) is 26.4 Å². The summed E-state index contributed by atoms with van der Waals surface area (Å²) in [6, 6.07) is 1.43. The quantitative estimate of drug-likeness (QED) is 0.853. The van der Waals surface area contributed by atoms with E-state index in [0.717, 1.165) is 0 Å². The number of fused-ring (bicyclic) bond motifs is 1. The summed E-state index contributed by atoms with van der Waals surface area (Å²) in [7, 11) is 0. The molecule has 6 heteroatoms. The molecule has 2 atom stereocenters. The van der Waals surface area contributed by atoms with Crippen molar-refractivity contribution in [3.8, 4) is 5.75 Å². The molecule has 0 bridgehead atoms. The van der Waals surface area contributed by atoms with E-state index in [9.17, 15) is 14.7 Å². The summed E-state index contributed by atoms with van der Waals surface area (Å²) in [5.74, 6) is -1.30. The van der Waals surface area contributed by atoms with Gasteiger partial charge in [0.15, 0.2) is 5.78 Å². The lowest BCUT2D eigenvalue weighted by Crippen LogP contribution is -2.27. The number of ketones is 1. The summed E-state index contributed by atoms with van der Waals surface area (Å²) in [5, 5.41) is 9.63. The molecule has 2 unspecified atom stereocenters. The Balaban J connectivity index is 2.37. The SMILES string of the molecule is CC(=O)OC(C)C1Cc2cc(O)c(Cl)c(Cl)c2C1=O. The number of hydrogen-bond donors (Lipinski definition) is 1. The molecule has 1 aromatic carbocycles. The van der Waals surface area contributed by atoms with Gasteiger partial charge in [-0.05, 0) is 25.0 Å². The van der Waals surface area contributed by atoms with E-state index in [-0.39, 0.29) is 21.6 Å². The van der Waals surface area contributed by atoms with E-state index in [1.54, 1.807) is 6.92 Å². The number of carbonyl (C=O) groups is 2. The van der Waals surface area contributed by atoms with Gasteiger partial charge in [0.25, 0.3) is 0 Å². The summed E-state index contributed by atoms with van der Waals surface area (Å²) in [5.41, 5.74) is 0.939. The third-order valence-corrected chi connectivity index (χ3v) is 4.07. The van der Waals surface area contributed by atoms with Crippen molar-refractivity contribution in [2.24, 2.45) is 5.92 Å². The van der Waals surface area contributed by atoms with E-state index in [2.05, 4.69) is 0 Å². The zero-order valence-electron chi connectivity index (χ0n) is 10.4. The maximum Gasteiger partial charge on any atom is 0.302 e. The predicted octanol–water partition coefficient (Wildman–Crippen LogP) is 3.01. The van der Waals surface area contributed by atoms with Crippen molar-refractivity contribution in [3.05, 3.63) is 27.2 Å². The molecule has 1 N–H and O–H groups in total. The molecule has 0 radical (unpaired) electrons. The molecule has 0 saturated heterocycles. The highest BCUT2D eigenvalue weighted by atomic mass is 35.5. The predicted molar refractivity (Wildman–Crippen MR) is 70.9 cm³/mol. The molecule has 0 aromatic heterocycles. The van der Waals surface area contributed by atoms with Crippen LogP contribution in [-0.2, 0) is 16.0 Å². The number of rotatable bonds is 2. The van der Waals surface area contributed by atoms with Crippen LogP contribution in [0.5, 0.6) is 5.75 Å². The van der Waals surface area contributed by atoms with E-state index < -0.39 is 18.0 Å². The Bertz CT molecular complexity index is 568. The molecule has 1 aliphatic rings. The first-order valence-electron chi connectivity index (χ1n) is 5.74. The summed E-state index contributed by atoms with van der Waals surface area (Å²) < 4.78 is 5.04. The van der Waals surface area contributed by atoms with E-state index in [1.807, 2.05) is 0 Å². The molecule has 0 heterocycles. The Morgan fingerprint density at radius 3 is 2.68 bits per heavy atom. The van der Waals surface area contributed by atoms with Crippen molar-refractivity contribution >= 4 is 35.0 Å². The number of esters is 1. The number of phenolic OH excluding ortho intramolecular Hbond substituents is 1. The third-order valence-electron chi connectivity index (χ3n) is 3.21. The third kappa shape index (κ3) is 2.42. The number of carbonyl (C=O) groups excluding carboxylic acids is 2. The minimum atomic E-state index is -0.547. The molecular weight excluding hydrogens is 291 g/mol. The Kier molecular flexibility index (Phi) is 3.74. The first-order chi connectivity index (χ1) is 8.82. The number of benzene rings is 1. The molecule has 0 fully saturated rings. The van der Waals surface area contributed by atoms with Crippen LogP contribution in [0.2, 0.25) is 10.0 Å². The maximum absolute atomic E-state index is 12.3. The first-order valence-corrected chi connectivity index (χ1v) is 6.49. The van der Waals surface area contributed by atoms with Gasteiger partial charge in [-0.3, -0.25) is 9.59 Å². The van der Waals surface area contributed by atoms with Crippen LogP contribution in [0.4, 0.5) is 0 Å². The molecule has 0 aliphatic heterocycles. The number of hydrogen-bond acceptors (Lipinski definition) is 4. The average molecular weight is 303 g/mol. The van der Waals surface area contributed by atoms with Gasteiger partial charge in [-0.15, -0.1) is 0 Å². The summed E-state index contributed by atoms with van der Waals surface area (Å²) >= 11 is 11.8. The van der Waals surface area contributed by atoms with Gasteiger partial charge in [-0.2, -0.15) is 0 Å². The molecular formula is C13H12Cl2O4. The smallest absolute Gasteiger partial charge is 0.302 e. The van der Waals surface area contributed by atoms with Gasteiger partial charge < -0.3 is 9.84 Å². The lowest BCUT2D eigenvalue weighted by atomic mass is 9.99. The van der Waals surface area contributed by atoms with E-state index in [4.69, 9.17) is 27.9 Å². The van der Waals surface area contributed by atoms with Crippen molar-refractivity contribution in [2.75, 3.05) is 0 Å². The Morgan fingerprint density at radius 2 is 2.11 bits per heavy atom. The molecule has 4 nitrogen and oxygen atoms in total. The molecule has 1 aliphatic carbocycles. The van der Waals surface area contributed by atoms with Crippen molar-refractivity contribution in [1.29, 1.82) is 0 Å². The molecule has 0 spiro atoms. The minimum absolute atomic E-state index is 0.0328. The van der Waals surface area contributed by atoms with Crippen molar-refractivity contribution < 1.29 is 19.4 Å². The summed E-state index contributed by atoms with van der Waals surface area (Å²) in [6.07, 6.45) is -0.179. The molecule has 0 saturated carbocycles. The van der Waals surface area contributed by atoms with Crippen molar-refractivity contribution in [1.82, 2.24) is 0 Å². The highest BCUT2D eigenvalue weighted by molar-refractivity contribution is 6.45. The highest BCUT2D eigenvalue weighted by Crippen LogP contribution is 2.42. The highest BCUT2D eigenvalue weighted by Gasteiger charge is 2.38. The number of halogens is 2. The number of ether oxygens (including phenoxy) is 1. The largest absolute Gasteiger partial charge is 0.506 e. The molecule has 102 valence electrons. The zero-order chi connectivity index (χ0) is 14.3. The Morgan fingerprint density at radius 1 is 1.47 bits per heavy atom. The Hall–Kier alpha value is -1.26. The van der Waals surface area contributed by atoms with Gasteiger partial charge in [0.2, 0.25) is 0 Å². The fourth-order valence-corrected chi connectivity index (χ4v) is 2.79. The maximum atomic E-state index is 12.3. The Labute approximate surface area is 120 Å². The zero-order valence-corrected chi connectivity index (χ0v) is 11.9. The van der Waals surface area contributed by atoms with Crippen LogP contribution in [0.25, 0.3) is 0 Å². The van der Waals surface area contributed by atoms with Gasteiger partial charge in [0.1, 0.15) is 16.9 Å². The average Bonchev–Trinajstić information content (AvgIpc) is 2.63. The fourth-order valence-electron chi connectivity index (χ4n) is 2.33. The monoisotopic (exact) mass is 302 g/mol. The topological polar surface area (TPSA) is 63.6 Å². The van der Waals surface area contributed by atoms with Crippen LogP contribution in [0.3, 0.4) is 0 Å². The standard InChI is InChI=1S/C13H12Cl2O4/c1-5(19-6(2)16)8-3-7-4-9(17)11(14)12(15)10(7)13(8)18/h4-5,8,17H,3H2,1-2H3. The molecule has 1 aromatic rings. The van der Waals surface area contributed by atoms with Crippen LogP contribution < -0.4 is 0 Å². The molecule has 2 rings (SSSR count). The van der Waals surface area contributed by atoms with Crippen LogP contribution in [0.15, 0.2) is 6.07 Å². The lowest BCUT2D eigenvalue weighted by Gasteiger charge is -2.17.